The fourth-order valence-corrected chi connectivity index (χ4v) is 4.23. The summed E-state index contributed by atoms with van der Waals surface area (Å²) in [5, 5.41) is 9.78. The number of rotatable bonds is 2. The predicted molar refractivity (Wildman–Crippen MR) is 88.8 cm³/mol. The van der Waals surface area contributed by atoms with Crippen molar-refractivity contribution in [1.29, 1.82) is 0 Å². The van der Waals surface area contributed by atoms with Crippen LogP contribution in [0.2, 0.25) is 6.82 Å². The highest BCUT2D eigenvalue weighted by Crippen LogP contribution is 2.52. The van der Waals surface area contributed by atoms with Crippen molar-refractivity contribution in [2.45, 2.75) is 37.4 Å². The maximum atomic E-state index is 12.6. The first-order valence-corrected chi connectivity index (χ1v) is 8.17. The molecule has 2 aliphatic rings. The molecule has 1 aromatic carbocycles. The third-order valence-electron chi connectivity index (χ3n) is 5.52. The van der Waals surface area contributed by atoms with Crippen molar-refractivity contribution >= 4 is 13.0 Å². The summed E-state index contributed by atoms with van der Waals surface area (Å²) in [6.07, 6.45) is 2.95. The van der Waals surface area contributed by atoms with E-state index in [2.05, 4.69) is 23.0 Å². The van der Waals surface area contributed by atoms with Crippen LogP contribution in [0.3, 0.4) is 0 Å². The molecular formula is C17H25BN2O2. The van der Waals surface area contributed by atoms with E-state index in [1.807, 2.05) is 27.0 Å². The molecule has 118 valence electrons. The Balaban J connectivity index is 1.90. The molecule has 4 nitrogen and oxygen atoms in total. The molecular weight excluding hydrogens is 275 g/mol. The van der Waals surface area contributed by atoms with Crippen LogP contribution in [0.5, 0.6) is 0 Å². The van der Waals surface area contributed by atoms with E-state index in [9.17, 15) is 9.82 Å². The Bertz CT molecular complexity index is 566. The van der Waals surface area contributed by atoms with Crippen molar-refractivity contribution in [3.8, 4) is 0 Å². The molecule has 3 rings (SSSR count). The second-order valence-electron chi connectivity index (χ2n) is 7.02. The number of carbonyl (C=O) groups excluding carboxylic acids is 1. The first-order valence-electron chi connectivity index (χ1n) is 8.17. The average Bonchev–Trinajstić information content (AvgIpc) is 2.82. The van der Waals surface area contributed by atoms with Gasteiger partial charge in [-0.1, -0.05) is 24.3 Å². The Labute approximate surface area is 133 Å². The van der Waals surface area contributed by atoms with Crippen LogP contribution in [-0.2, 0) is 10.2 Å². The largest absolute Gasteiger partial charge is 0.437 e. The number of carbonyl (C=O) groups is 1. The molecule has 1 spiro atoms. The smallest absolute Gasteiger partial charge is 0.376 e. The van der Waals surface area contributed by atoms with Gasteiger partial charge in [0.25, 0.3) is 0 Å². The molecule has 1 N–H and O–H groups in total. The van der Waals surface area contributed by atoms with Gasteiger partial charge < -0.3 is 14.7 Å². The third kappa shape index (κ3) is 2.46. The van der Waals surface area contributed by atoms with Crippen molar-refractivity contribution in [1.82, 2.24) is 9.71 Å². The summed E-state index contributed by atoms with van der Waals surface area (Å²) >= 11 is 0. The highest BCUT2D eigenvalue weighted by atomic mass is 16.2. The first kappa shape index (κ1) is 15.6. The summed E-state index contributed by atoms with van der Waals surface area (Å²) < 4.78 is 0. The van der Waals surface area contributed by atoms with E-state index in [-0.39, 0.29) is 24.3 Å². The monoisotopic (exact) mass is 300 g/mol. The molecule has 0 aromatic heterocycles. The van der Waals surface area contributed by atoms with E-state index in [0.29, 0.717) is 0 Å². The quantitative estimate of drug-likeness (QED) is 0.846. The van der Waals surface area contributed by atoms with Crippen LogP contribution in [0.15, 0.2) is 24.3 Å². The molecule has 0 radical (unpaired) electrons. The van der Waals surface area contributed by atoms with Crippen molar-refractivity contribution in [2.75, 3.05) is 27.2 Å². The van der Waals surface area contributed by atoms with Gasteiger partial charge in [0.1, 0.15) is 0 Å². The second-order valence-corrected chi connectivity index (χ2v) is 7.02. The zero-order valence-electron chi connectivity index (χ0n) is 13.7. The van der Waals surface area contributed by atoms with Gasteiger partial charge >= 0.3 is 7.05 Å². The lowest BCUT2D eigenvalue weighted by atomic mass is 9.70. The molecule has 1 aliphatic carbocycles. The van der Waals surface area contributed by atoms with E-state index in [1.54, 1.807) is 4.90 Å². The molecule has 5 heteroatoms. The van der Waals surface area contributed by atoms with Gasteiger partial charge in [-0.15, -0.1) is 0 Å². The lowest BCUT2D eigenvalue weighted by Crippen LogP contribution is -2.47. The van der Waals surface area contributed by atoms with Crippen LogP contribution in [0.1, 0.15) is 36.3 Å². The molecule has 1 amide bonds. The van der Waals surface area contributed by atoms with Gasteiger partial charge in [-0.25, -0.2) is 0 Å². The summed E-state index contributed by atoms with van der Waals surface area (Å²) in [6.45, 7) is 3.63. The summed E-state index contributed by atoms with van der Waals surface area (Å²) in [4.78, 5) is 16.4. The minimum absolute atomic E-state index is 0.00991. The number of amides is 1. The third-order valence-corrected chi connectivity index (χ3v) is 5.52. The Morgan fingerprint density at radius 1 is 1.32 bits per heavy atom. The molecule has 0 bridgehead atoms. The van der Waals surface area contributed by atoms with Crippen molar-refractivity contribution < 1.29 is 9.82 Å². The van der Waals surface area contributed by atoms with Crippen LogP contribution in [0.4, 0.5) is 0 Å². The number of hydrogen-bond donors (Lipinski definition) is 1. The first-order chi connectivity index (χ1) is 10.4. The van der Waals surface area contributed by atoms with Gasteiger partial charge in [-0.3, -0.25) is 4.79 Å². The maximum Gasteiger partial charge on any atom is 0.376 e. The number of fused-ring (bicyclic) bond motifs is 2. The zero-order chi connectivity index (χ0) is 15.9. The SMILES string of the molecule is CB(O)N1CCC2(CC1)C[C@@H](C(=O)N(C)C)c1ccccc12. The molecule has 0 unspecified atom stereocenters. The minimum Gasteiger partial charge on any atom is -0.437 e. The maximum absolute atomic E-state index is 12.6. The number of piperidine rings is 1. The van der Waals surface area contributed by atoms with Crippen LogP contribution in [0, 0.1) is 0 Å². The molecule has 1 aromatic rings. The van der Waals surface area contributed by atoms with Crippen LogP contribution in [-0.4, -0.2) is 54.9 Å². The number of hydrogen-bond acceptors (Lipinski definition) is 3. The van der Waals surface area contributed by atoms with E-state index >= 15 is 0 Å². The lowest BCUT2D eigenvalue weighted by Gasteiger charge is -2.41. The summed E-state index contributed by atoms with van der Waals surface area (Å²) in [5.41, 5.74) is 2.69. The van der Waals surface area contributed by atoms with Gasteiger partial charge in [-0.05, 0) is 55.7 Å². The fraction of sp³-hybridized carbons (Fsp3) is 0.588. The molecule has 1 fully saturated rings. The molecule has 1 saturated heterocycles. The predicted octanol–water partition coefficient (Wildman–Crippen LogP) is 1.71. The van der Waals surface area contributed by atoms with Gasteiger partial charge in [0.05, 0.1) is 5.92 Å². The fourth-order valence-electron chi connectivity index (χ4n) is 4.23. The Morgan fingerprint density at radius 3 is 2.55 bits per heavy atom. The molecule has 1 atom stereocenters. The summed E-state index contributed by atoms with van der Waals surface area (Å²) in [6, 6.07) is 8.45. The van der Waals surface area contributed by atoms with E-state index < -0.39 is 0 Å². The number of nitrogens with zero attached hydrogens (tertiary/aromatic N) is 2. The summed E-state index contributed by atoms with van der Waals surface area (Å²) in [7, 11) is 3.30. The Kier molecular flexibility index (Phi) is 4.04. The van der Waals surface area contributed by atoms with Gasteiger partial charge in [-0.2, -0.15) is 0 Å². The van der Waals surface area contributed by atoms with Gasteiger partial charge in [0, 0.05) is 14.1 Å². The molecule has 1 heterocycles. The Hall–Kier alpha value is -1.33. The molecule has 22 heavy (non-hydrogen) atoms. The van der Waals surface area contributed by atoms with Gasteiger partial charge in [0.2, 0.25) is 5.91 Å². The number of benzene rings is 1. The topological polar surface area (TPSA) is 43.8 Å². The highest BCUT2D eigenvalue weighted by molar-refractivity contribution is 6.45. The second kappa shape index (κ2) is 5.71. The normalized spacial score (nSPS) is 23.4. The van der Waals surface area contributed by atoms with Gasteiger partial charge in [0.15, 0.2) is 0 Å². The van der Waals surface area contributed by atoms with E-state index in [0.717, 1.165) is 32.4 Å². The van der Waals surface area contributed by atoms with E-state index in [4.69, 9.17) is 0 Å². The van der Waals surface area contributed by atoms with Crippen molar-refractivity contribution in [2.24, 2.45) is 0 Å². The summed E-state index contributed by atoms with van der Waals surface area (Å²) in [5.74, 6) is 0.201. The zero-order valence-corrected chi connectivity index (χ0v) is 13.7. The minimum atomic E-state index is -0.381. The van der Waals surface area contributed by atoms with Crippen molar-refractivity contribution in [3.05, 3.63) is 35.4 Å². The van der Waals surface area contributed by atoms with E-state index in [1.165, 1.54) is 11.1 Å². The highest BCUT2D eigenvalue weighted by Gasteiger charge is 2.48. The number of likely N-dealkylation sites (N-methyl/N-ethyl adjacent to an activating group) is 1. The molecule has 1 aliphatic heterocycles. The van der Waals surface area contributed by atoms with Crippen LogP contribution >= 0.6 is 0 Å². The van der Waals surface area contributed by atoms with Crippen molar-refractivity contribution in [3.63, 3.8) is 0 Å². The standard InChI is InChI=1S/C17H25BN2O2/c1-18(22)20-10-8-17(9-11-20)12-14(16(21)19(2)3)13-6-4-5-7-15(13)17/h4-7,14,22H,8-12H2,1-3H3/t14-/m1/s1. The van der Waals surface area contributed by atoms with Crippen LogP contribution in [0.25, 0.3) is 0 Å². The Morgan fingerprint density at radius 2 is 1.95 bits per heavy atom. The lowest BCUT2D eigenvalue weighted by molar-refractivity contribution is -0.130. The average molecular weight is 300 g/mol. The van der Waals surface area contributed by atoms with Crippen LogP contribution < -0.4 is 0 Å². The molecule has 0 saturated carbocycles.